The van der Waals surface area contributed by atoms with E-state index in [2.05, 4.69) is 11.1 Å². The molecule has 1 unspecified atom stereocenters. The summed E-state index contributed by atoms with van der Waals surface area (Å²) in [4.78, 5) is 3.19. The van der Waals surface area contributed by atoms with Crippen LogP contribution in [0.3, 0.4) is 0 Å². The summed E-state index contributed by atoms with van der Waals surface area (Å²) in [6.07, 6.45) is 1.90. The van der Waals surface area contributed by atoms with Gasteiger partial charge in [-0.05, 0) is 48.2 Å². The van der Waals surface area contributed by atoms with Gasteiger partial charge in [0.15, 0.2) is 0 Å². The quantitative estimate of drug-likeness (QED) is 0.764. The van der Waals surface area contributed by atoms with Crippen LogP contribution in [0.2, 0.25) is 0 Å². The number of fused-ring (bicyclic) bond motifs is 1. The summed E-state index contributed by atoms with van der Waals surface area (Å²) in [5.74, 6) is 1.70. The van der Waals surface area contributed by atoms with Crippen LogP contribution in [-0.2, 0) is 0 Å². The second kappa shape index (κ2) is 5.29. The molecule has 0 aliphatic rings. The van der Waals surface area contributed by atoms with Gasteiger partial charge in [0.2, 0.25) is 0 Å². The number of aromatic amines is 1. The molecule has 0 saturated heterocycles. The number of methoxy groups -OCH3 is 1. The summed E-state index contributed by atoms with van der Waals surface area (Å²) < 4.78 is 11.2. The number of hydrogen-bond acceptors (Lipinski definition) is 2. The van der Waals surface area contributed by atoms with E-state index >= 15 is 0 Å². The highest BCUT2D eigenvalue weighted by atomic mass is 16.5. The van der Waals surface area contributed by atoms with Crippen molar-refractivity contribution < 1.29 is 9.47 Å². The number of benzene rings is 2. The fraction of sp³-hybridized carbons (Fsp3) is 0.176. The smallest absolute Gasteiger partial charge is 0.122 e. The summed E-state index contributed by atoms with van der Waals surface area (Å²) in [6, 6.07) is 16.1. The maximum Gasteiger partial charge on any atom is 0.122 e. The molecular weight excluding hydrogens is 250 g/mol. The molecule has 102 valence electrons. The monoisotopic (exact) mass is 267 g/mol. The molecule has 0 fully saturated rings. The van der Waals surface area contributed by atoms with Crippen molar-refractivity contribution in [3.63, 3.8) is 0 Å². The Bertz CT molecular complexity index is 718. The fourth-order valence-electron chi connectivity index (χ4n) is 2.27. The zero-order valence-electron chi connectivity index (χ0n) is 11.6. The topological polar surface area (TPSA) is 34.2 Å². The average molecular weight is 267 g/mol. The zero-order chi connectivity index (χ0) is 13.9. The first-order valence-corrected chi connectivity index (χ1v) is 6.64. The van der Waals surface area contributed by atoms with Gasteiger partial charge in [0, 0.05) is 17.8 Å². The molecule has 1 heterocycles. The van der Waals surface area contributed by atoms with E-state index in [1.807, 2.05) is 55.6 Å². The van der Waals surface area contributed by atoms with Crippen molar-refractivity contribution in [3.8, 4) is 11.5 Å². The Balaban J connectivity index is 1.81. The molecule has 3 rings (SSSR count). The molecule has 0 aliphatic heterocycles. The highest BCUT2D eigenvalue weighted by molar-refractivity contribution is 5.80. The maximum atomic E-state index is 6.00. The molecule has 0 bridgehead atoms. The molecule has 1 atom stereocenters. The van der Waals surface area contributed by atoms with Gasteiger partial charge < -0.3 is 14.5 Å². The van der Waals surface area contributed by atoms with Gasteiger partial charge in [-0.1, -0.05) is 12.1 Å². The molecule has 3 heteroatoms. The van der Waals surface area contributed by atoms with Crippen molar-refractivity contribution in [2.24, 2.45) is 0 Å². The van der Waals surface area contributed by atoms with Crippen LogP contribution < -0.4 is 9.47 Å². The van der Waals surface area contributed by atoms with Gasteiger partial charge in [-0.2, -0.15) is 0 Å². The van der Waals surface area contributed by atoms with E-state index in [4.69, 9.17) is 9.47 Å². The number of ether oxygens (including phenoxy) is 2. The molecule has 0 radical (unpaired) electrons. The lowest BCUT2D eigenvalue weighted by Gasteiger charge is -2.16. The molecule has 1 N–H and O–H groups in total. The third-order valence-electron chi connectivity index (χ3n) is 3.40. The van der Waals surface area contributed by atoms with Crippen molar-refractivity contribution in [1.29, 1.82) is 0 Å². The van der Waals surface area contributed by atoms with Gasteiger partial charge in [-0.3, -0.25) is 0 Å². The molecular formula is C17H17NO2. The lowest BCUT2D eigenvalue weighted by atomic mass is 10.1. The first-order chi connectivity index (χ1) is 9.76. The van der Waals surface area contributed by atoms with Crippen LogP contribution in [0, 0.1) is 0 Å². The Morgan fingerprint density at radius 3 is 2.75 bits per heavy atom. The van der Waals surface area contributed by atoms with Crippen LogP contribution in [0.5, 0.6) is 11.5 Å². The molecule has 0 amide bonds. The molecule has 1 aromatic heterocycles. The SMILES string of the molecule is COc1cccc(C(C)Oc2ccc3cc[nH]c3c2)c1. The van der Waals surface area contributed by atoms with Gasteiger partial charge in [0.25, 0.3) is 0 Å². The van der Waals surface area contributed by atoms with Crippen LogP contribution in [-0.4, -0.2) is 12.1 Å². The van der Waals surface area contributed by atoms with Gasteiger partial charge in [0.1, 0.15) is 17.6 Å². The predicted octanol–water partition coefficient (Wildman–Crippen LogP) is 4.32. The van der Waals surface area contributed by atoms with Crippen molar-refractivity contribution in [1.82, 2.24) is 4.98 Å². The number of rotatable bonds is 4. The van der Waals surface area contributed by atoms with Crippen LogP contribution in [0.4, 0.5) is 0 Å². The summed E-state index contributed by atoms with van der Waals surface area (Å²) in [6.45, 7) is 2.04. The van der Waals surface area contributed by atoms with Gasteiger partial charge in [-0.25, -0.2) is 0 Å². The minimum Gasteiger partial charge on any atom is -0.497 e. The highest BCUT2D eigenvalue weighted by Gasteiger charge is 2.09. The summed E-state index contributed by atoms with van der Waals surface area (Å²) in [5, 5.41) is 1.19. The third kappa shape index (κ3) is 2.48. The summed E-state index contributed by atoms with van der Waals surface area (Å²) >= 11 is 0. The Labute approximate surface area is 118 Å². The molecule has 0 aliphatic carbocycles. The van der Waals surface area contributed by atoms with Crippen molar-refractivity contribution in [2.75, 3.05) is 7.11 Å². The number of nitrogens with one attached hydrogen (secondary N) is 1. The molecule has 2 aromatic carbocycles. The second-order valence-corrected chi connectivity index (χ2v) is 4.76. The van der Waals surface area contributed by atoms with Crippen LogP contribution in [0.25, 0.3) is 10.9 Å². The first kappa shape index (κ1) is 12.6. The maximum absolute atomic E-state index is 6.00. The Kier molecular flexibility index (Phi) is 3.33. The average Bonchev–Trinajstić information content (AvgIpc) is 2.95. The number of H-pyrrole nitrogens is 1. The van der Waals surface area contributed by atoms with Crippen LogP contribution in [0.1, 0.15) is 18.6 Å². The van der Waals surface area contributed by atoms with Gasteiger partial charge in [0.05, 0.1) is 7.11 Å². The zero-order valence-corrected chi connectivity index (χ0v) is 11.6. The van der Waals surface area contributed by atoms with Crippen LogP contribution in [0.15, 0.2) is 54.7 Å². The van der Waals surface area contributed by atoms with E-state index in [9.17, 15) is 0 Å². The summed E-state index contributed by atoms with van der Waals surface area (Å²) in [5.41, 5.74) is 2.18. The fourth-order valence-corrected chi connectivity index (χ4v) is 2.27. The largest absolute Gasteiger partial charge is 0.497 e. The van der Waals surface area contributed by atoms with E-state index in [-0.39, 0.29) is 6.10 Å². The normalized spacial score (nSPS) is 12.3. The predicted molar refractivity (Wildman–Crippen MR) is 80.3 cm³/mol. The molecule has 0 saturated carbocycles. The standard InChI is InChI=1S/C17H17NO2/c1-12(14-4-3-5-15(10-14)19-2)20-16-7-6-13-8-9-18-17(13)11-16/h3-12,18H,1-2H3. The van der Waals surface area contributed by atoms with Crippen molar-refractivity contribution in [2.45, 2.75) is 13.0 Å². The molecule has 0 spiro atoms. The number of aromatic nitrogens is 1. The number of hydrogen-bond donors (Lipinski definition) is 1. The first-order valence-electron chi connectivity index (χ1n) is 6.64. The van der Waals surface area contributed by atoms with E-state index in [0.717, 1.165) is 22.6 Å². The lowest BCUT2D eigenvalue weighted by molar-refractivity contribution is 0.226. The minimum absolute atomic E-state index is 0.0301. The van der Waals surface area contributed by atoms with E-state index < -0.39 is 0 Å². The van der Waals surface area contributed by atoms with Crippen molar-refractivity contribution in [3.05, 3.63) is 60.3 Å². The second-order valence-electron chi connectivity index (χ2n) is 4.76. The van der Waals surface area contributed by atoms with Crippen molar-refractivity contribution >= 4 is 10.9 Å². The molecule has 3 nitrogen and oxygen atoms in total. The van der Waals surface area contributed by atoms with E-state index in [1.165, 1.54) is 5.39 Å². The van der Waals surface area contributed by atoms with Crippen LogP contribution >= 0.6 is 0 Å². The highest BCUT2D eigenvalue weighted by Crippen LogP contribution is 2.26. The van der Waals surface area contributed by atoms with Gasteiger partial charge in [-0.15, -0.1) is 0 Å². The van der Waals surface area contributed by atoms with Gasteiger partial charge >= 0.3 is 0 Å². The molecule has 20 heavy (non-hydrogen) atoms. The minimum atomic E-state index is -0.0301. The summed E-state index contributed by atoms with van der Waals surface area (Å²) in [7, 11) is 1.67. The molecule has 3 aromatic rings. The third-order valence-corrected chi connectivity index (χ3v) is 3.40. The lowest BCUT2D eigenvalue weighted by Crippen LogP contribution is -2.03. The van der Waals surface area contributed by atoms with E-state index in [0.29, 0.717) is 0 Å². The Morgan fingerprint density at radius 1 is 1.00 bits per heavy atom. The Morgan fingerprint density at radius 2 is 1.90 bits per heavy atom. The Hall–Kier alpha value is -2.42. The van der Waals surface area contributed by atoms with E-state index in [1.54, 1.807) is 7.11 Å².